The van der Waals surface area contributed by atoms with Crippen LogP contribution in [0.1, 0.15) is 100 Å². The zero-order valence-electron chi connectivity index (χ0n) is 22.8. The van der Waals surface area contributed by atoms with Gasteiger partial charge in [-0.05, 0) is 51.5 Å². The van der Waals surface area contributed by atoms with E-state index in [0.29, 0.717) is 0 Å². The van der Waals surface area contributed by atoms with Crippen LogP contribution in [-0.2, 0) is 19.1 Å². The number of hydrogen-bond donors (Lipinski definition) is 0. The highest BCUT2D eigenvalue weighted by Crippen LogP contribution is 2.33. The summed E-state index contributed by atoms with van der Waals surface area (Å²) in [7, 11) is 0. The fourth-order valence-corrected chi connectivity index (χ4v) is 5.38. The molecule has 0 bridgehead atoms. The lowest BCUT2D eigenvalue weighted by Crippen LogP contribution is -2.35. The maximum Gasteiger partial charge on any atom is 0.359 e. The fourth-order valence-electron chi connectivity index (χ4n) is 5.38. The Hall–Kier alpha value is -3.69. The van der Waals surface area contributed by atoms with Gasteiger partial charge in [0.2, 0.25) is 0 Å². The monoisotopic (exact) mass is 537 g/mol. The van der Waals surface area contributed by atoms with E-state index in [1.807, 2.05) is 0 Å². The number of allylic oxidation sites excluding steroid dienone is 4. The number of amides is 1. The van der Waals surface area contributed by atoms with Crippen LogP contribution in [0.2, 0.25) is 0 Å². The van der Waals surface area contributed by atoms with Crippen molar-refractivity contribution in [1.82, 2.24) is 14.8 Å². The van der Waals surface area contributed by atoms with Gasteiger partial charge in [0.25, 0.3) is 5.91 Å². The van der Waals surface area contributed by atoms with Gasteiger partial charge in [0.1, 0.15) is 0 Å². The fraction of sp³-hybridized carbons (Fsp3) is 0.552. The summed E-state index contributed by atoms with van der Waals surface area (Å²) in [6, 6.07) is -0.0501. The molecule has 0 spiro atoms. The van der Waals surface area contributed by atoms with Crippen molar-refractivity contribution in [2.75, 3.05) is 13.2 Å². The van der Waals surface area contributed by atoms with Crippen LogP contribution >= 0.6 is 0 Å². The lowest BCUT2D eigenvalue weighted by molar-refractivity contribution is -0.281. The van der Waals surface area contributed by atoms with Crippen molar-refractivity contribution < 1.29 is 29.0 Å². The SMILES string of the molecule is CCOC(=O)C1=NN(C2CCCCC2)C(=O)C1=CC=CC=Cc1c(C(=O)OCC)nn(C2CCCCC2)c1[O-]. The molecule has 2 aliphatic carbocycles. The number of esters is 2. The Labute approximate surface area is 229 Å². The van der Waals surface area contributed by atoms with Crippen LogP contribution in [-0.4, -0.2) is 57.6 Å². The molecule has 2 fully saturated rings. The molecule has 0 radical (unpaired) electrons. The van der Waals surface area contributed by atoms with Crippen molar-refractivity contribution in [3.63, 3.8) is 0 Å². The number of ether oxygens (including phenoxy) is 2. The number of nitrogens with zero attached hydrogens (tertiary/aromatic N) is 4. The first kappa shape index (κ1) is 28.3. The van der Waals surface area contributed by atoms with Crippen LogP contribution in [0.4, 0.5) is 0 Å². The average Bonchev–Trinajstić information content (AvgIpc) is 3.46. The summed E-state index contributed by atoms with van der Waals surface area (Å²) in [6.45, 7) is 3.76. The van der Waals surface area contributed by atoms with Gasteiger partial charge in [-0.1, -0.05) is 62.8 Å². The molecule has 4 rings (SSSR count). The van der Waals surface area contributed by atoms with Crippen LogP contribution in [0.25, 0.3) is 6.08 Å². The van der Waals surface area contributed by atoms with Gasteiger partial charge >= 0.3 is 11.9 Å². The van der Waals surface area contributed by atoms with E-state index in [1.54, 1.807) is 32.1 Å². The Bertz CT molecular complexity index is 1180. The molecular weight excluding hydrogens is 500 g/mol. The third-order valence-electron chi connectivity index (χ3n) is 7.33. The van der Waals surface area contributed by atoms with E-state index < -0.39 is 11.9 Å². The number of carbonyl (C=O) groups is 3. The van der Waals surface area contributed by atoms with Crippen molar-refractivity contribution in [3.05, 3.63) is 41.1 Å². The van der Waals surface area contributed by atoms with Gasteiger partial charge < -0.3 is 14.6 Å². The minimum atomic E-state index is -0.635. The first-order valence-electron chi connectivity index (χ1n) is 14.1. The molecule has 10 heteroatoms. The van der Waals surface area contributed by atoms with E-state index in [-0.39, 0.29) is 59.6 Å². The lowest BCUT2D eigenvalue weighted by atomic mass is 9.95. The minimum Gasteiger partial charge on any atom is -0.858 e. The third-order valence-corrected chi connectivity index (χ3v) is 7.33. The zero-order valence-corrected chi connectivity index (χ0v) is 22.8. The highest BCUT2D eigenvalue weighted by molar-refractivity contribution is 6.51. The standard InChI is InChI=1S/C29H38N4O6/c1-3-38-28(36)24-22(26(34)32(30-24)20-14-8-5-9-15-20)18-12-7-13-19-23-25(29(37)39-4-2)31-33(27(23)35)21-16-10-6-11-17-21/h7,12-13,18-21,34H,3-6,8-11,14-17H2,1-2H3/p-1. The molecule has 3 aliphatic rings. The van der Waals surface area contributed by atoms with E-state index in [4.69, 9.17) is 9.47 Å². The Balaban J connectivity index is 1.55. The van der Waals surface area contributed by atoms with Crippen LogP contribution in [0.15, 0.2) is 35.0 Å². The van der Waals surface area contributed by atoms with Crippen molar-refractivity contribution in [3.8, 4) is 5.88 Å². The summed E-state index contributed by atoms with van der Waals surface area (Å²) in [6.07, 6.45) is 17.7. The van der Waals surface area contributed by atoms with Gasteiger partial charge in [-0.2, -0.15) is 10.2 Å². The Morgan fingerprint density at radius 1 is 0.897 bits per heavy atom. The van der Waals surface area contributed by atoms with E-state index in [0.717, 1.165) is 64.2 Å². The number of rotatable bonds is 9. The minimum absolute atomic E-state index is 0.00116. The smallest absolute Gasteiger partial charge is 0.359 e. The molecule has 39 heavy (non-hydrogen) atoms. The quantitative estimate of drug-likeness (QED) is 0.262. The molecule has 1 aromatic heterocycles. The van der Waals surface area contributed by atoms with Gasteiger partial charge in [0, 0.05) is 5.56 Å². The van der Waals surface area contributed by atoms with Crippen molar-refractivity contribution in [1.29, 1.82) is 0 Å². The largest absolute Gasteiger partial charge is 0.858 e. The average molecular weight is 538 g/mol. The maximum atomic E-state index is 13.2. The molecule has 0 unspecified atom stereocenters. The molecular formula is C29H37N4O6-. The normalized spacial score (nSPS) is 20.4. The first-order chi connectivity index (χ1) is 19.0. The van der Waals surface area contributed by atoms with Crippen LogP contribution in [0, 0.1) is 0 Å². The molecule has 1 aliphatic heterocycles. The summed E-state index contributed by atoms with van der Waals surface area (Å²) in [4.78, 5) is 38.2. The molecule has 0 aromatic carbocycles. The predicted molar refractivity (Wildman–Crippen MR) is 144 cm³/mol. The summed E-state index contributed by atoms with van der Waals surface area (Å²) >= 11 is 0. The number of carbonyl (C=O) groups excluding carboxylic acids is 3. The highest BCUT2D eigenvalue weighted by Gasteiger charge is 2.38. The molecule has 2 saturated carbocycles. The van der Waals surface area contributed by atoms with Gasteiger partial charge in [-0.3, -0.25) is 9.48 Å². The second-order valence-corrected chi connectivity index (χ2v) is 9.96. The van der Waals surface area contributed by atoms with E-state index in [1.165, 1.54) is 21.8 Å². The summed E-state index contributed by atoms with van der Waals surface area (Å²) in [5.41, 5.74) is 0.346. The lowest BCUT2D eigenvalue weighted by Gasteiger charge is -2.27. The summed E-state index contributed by atoms with van der Waals surface area (Å²) in [5, 5.41) is 23.3. The van der Waals surface area contributed by atoms with Crippen molar-refractivity contribution >= 4 is 29.6 Å². The van der Waals surface area contributed by atoms with E-state index in [9.17, 15) is 19.5 Å². The molecule has 1 amide bonds. The molecule has 1 aromatic rings. The Morgan fingerprint density at radius 2 is 1.51 bits per heavy atom. The summed E-state index contributed by atoms with van der Waals surface area (Å²) < 4.78 is 11.7. The third kappa shape index (κ3) is 6.49. The molecule has 2 heterocycles. The number of aromatic nitrogens is 2. The predicted octanol–water partition coefficient (Wildman–Crippen LogP) is 4.23. The Morgan fingerprint density at radius 3 is 2.15 bits per heavy atom. The maximum absolute atomic E-state index is 13.2. The van der Waals surface area contributed by atoms with Crippen LogP contribution in [0.5, 0.6) is 5.88 Å². The van der Waals surface area contributed by atoms with Gasteiger partial charge in [-0.15, -0.1) is 0 Å². The van der Waals surface area contributed by atoms with Gasteiger partial charge in [0.05, 0.1) is 30.9 Å². The second kappa shape index (κ2) is 13.4. The molecule has 210 valence electrons. The number of hydrazone groups is 1. The van der Waals surface area contributed by atoms with E-state index in [2.05, 4.69) is 10.2 Å². The van der Waals surface area contributed by atoms with Crippen molar-refractivity contribution in [2.24, 2.45) is 5.10 Å². The van der Waals surface area contributed by atoms with Gasteiger partial charge in [-0.25, -0.2) is 14.6 Å². The van der Waals surface area contributed by atoms with Crippen molar-refractivity contribution in [2.45, 2.75) is 90.1 Å². The second-order valence-electron chi connectivity index (χ2n) is 9.96. The molecule has 0 atom stereocenters. The Kier molecular flexibility index (Phi) is 9.73. The summed E-state index contributed by atoms with van der Waals surface area (Å²) in [5.74, 6) is -1.91. The topological polar surface area (TPSA) is 126 Å². The van der Waals surface area contributed by atoms with Crippen LogP contribution < -0.4 is 5.11 Å². The zero-order chi connectivity index (χ0) is 27.8. The molecule has 0 saturated heterocycles. The number of hydrogen-bond acceptors (Lipinski definition) is 8. The first-order valence-corrected chi connectivity index (χ1v) is 14.1. The molecule has 10 nitrogen and oxygen atoms in total. The van der Waals surface area contributed by atoms with Crippen LogP contribution in [0.3, 0.4) is 0 Å². The molecule has 0 N–H and O–H groups in total. The van der Waals surface area contributed by atoms with Gasteiger partial charge in [0.15, 0.2) is 11.4 Å². The highest BCUT2D eigenvalue weighted by atomic mass is 16.5. The van der Waals surface area contributed by atoms with E-state index >= 15 is 0 Å².